The van der Waals surface area contributed by atoms with Gasteiger partial charge >= 0.3 is 5.97 Å². The second kappa shape index (κ2) is 9.97. The van der Waals surface area contributed by atoms with Crippen LogP contribution in [0.15, 0.2) is 0 Å². The lowest BCUT2D eigenvalue weighted by Crippen LogP contribution is -2.30. The monoisotopic (exact) mass is 228 g/mol. The number of rotatable bonds is 4. The molecule has 13 heavy (non-hydrogen) atoms. The minimum Gasteiger partial charge on any atom is -0.773 e. The summed E-state index contributed by atoms with van der Waals surface area (Å²) in [6.07, 6.45) is 3.56. The van der Waals surface area contributed by atoms with Crippen molar-refractivity contribution in [3.05, 3.63) is 0 Å². The van der Waals surface area contributed by atoms with Gasteiger partial charge in [0.05, 0.1) is 0 Å². The van der Waals surface area contributed by atoms with Gasteiger partial charge in [0, 0.05) is 0 Å². The Bertz CT molecular complexity index is 161. The fourth-order valence-electron chi connectivity index (χ4n) is 0.368. The number of thioether (sulfide) groups is 1. The molecule has 80 valence electrons. The standard InChI is InChI=1S/C5H11NO2S.CH4O2S/c1-9-3-2-4(6)5(7)8;1-4(2)3/h4H,2-3,6H2,1H3,(H,7,8);1H3,(H,2,3)/p-1. The van der Waals surface area contributed by atoms with E-state index in [1.54, 1.807) is 11.8 Å². The molecule has 5 nitrogen and oxygen atoms in total. The van der Waals surface area contributed by atoms with Crippen molar-refractivity contribution in [2.45, 2.75) is 12.5 Å². The molecular formula is C6H14NO4S2-. The van der Waals surface area contributed by atoms with Gasteiger partial charge in [-0.1, -0.05) is 11.1 Å². The Morgan fingerprint density at radius 2 is 2.15 bits per heavy atom. The summed E-state index contributed by atoms with van der Waals surface area (Å²) in [5.41, 5.74) is 5.19. The van der Waals surface area contributed by atoms with E-state index in [4.69, 9.17) is 19.6 Å². The van der Waals surface area contributed by atoms with E-state index in [0.29, 0.717) is 6.42 Å². The molecule has 0 aliphatic rings. The summed E-state index contributed by atoms with van der Waals surface area (Å²) >= 11 is -0.257. The summed E-state index contributed by atoms with van der Waals surface area (Å²) in [6, 6.07) is -0.683. The first kappa shape index (κ1) is 15.4. The van der Waals surface area contributed by atoms with Gasteiger partial charge in [0.15, 0.2) is 0 Å². The van der Waals surface area contributed by atoms with Gasteiger partial charge in [-0.3, -0.25) is 9.00 Å². The van der Waals surface area contributed by atoms with Crippen molar-refractivity contribution in [1.82, 2.24) is 0 Å². The van der Waals surface area contributed by atoms with Crippen molar-refractivity contribution in [2.24, 2.45) is 5.73 Å². The Morgan fingerprint density at radius 3 is 2.38 bits per heavy atom. The van der Waals surface area contributed by atoms with E-state index in [1.807, 2.05) is 6.26 Å². The van der Waals surface area contributed by atoms with Crippen LogP contribution >= 0.6 is 11.8 Å². The van der Waals surface area contributed by atoms with Gasteiger partial charge in [0.2, 0.25) is 0 Å². The molecule has 0 fully saturated rings. The van der Waals surface area contributed by atoms with E-state index in [-0.39, 0.29) is 0 Å². The summed E-state index contributed by atoms with van der Waals surface area (Å²) in [4.78, 5) is 10.1. The van der Waals surface area contributed by atoms with E-state index in [0.717, 1.165) is 12.0 Å². The van der Waals surface area contributed by atoms with E-state index in [2.05, 4.69) is 0 Å². The van der Waals surface area contributed by atoms with Crippen molar-refractivity contribution in [2.75, 3.05) is 18.3 Å². The molecule has 0 saturated heterocycles. The lowest BCUT2D eigenvalue weighted by Gasteiger charge is -2.02. The molecule has 0 amide bonds. The van der Waals surface area contributed by atoms with Crippen LogP contribution in [0.1, 0.15) is 6.42 Å². The van der Waals surface area contributed by atoms with Crippen LogP contribution in [0.4, 0.5) is 0 Å². The van der Waals surface area contributed by atoms with E-state index < -0.39 is 23.1 Å². The summed E-state index contributed by atoms with van der Waals surface area (Å²) in [5.74, 6) is -0.1000. The molecule has 0 aromatic carbocycles. The normalized spacial score (nSPS) is 13.8. The highest BCUT2D eigenvalue weighted by molar-refractivity contribution is 7.98. The summed E-state index contributed by atoms with van der Waals surface area (Å²) in [7, 11) is 0. The number of carbonyl (C=O) groups is 1. The van der Waals surface area contributed by atoms with Crippen molar-refractivity contribution < 1.29 is 18.7 Å². The Kier molecular flexibility index (Phi) is 11.8. The maximum Gasteiger partial charge on any atom is 0.320 e. The number of hydrogen-bond donors (Lipinski definition) is 2. The lowest BCUT2D eigenvalue weighted by atomic mass is 10.2. The second-order valence-electron chi connectivity index (χ2n) is 2.13. The first-order valence-corrected chi connectivity index (χ1v) is 6.27. The van der Waals surface area contributed by atoms with Crippen LogP contribution in [0.5, 0.6) is 0 Å². The van der Waals surface area contributed by atoms with Crippen molar-refractivity contribution in [1.29, 1.82) is 0 Å². The van der Waals surface area contributed by atoms with Crippen LogP contribution in [-0.2, 0) is 15.9 Å². The highest BCUT2D eigenvalue weighted by Crippen LogP contribution is 1.97. The van der Waals surface area contributed by atoms with Crippen LogP contribution in [0.2, 0.25) is 0 Å². The van der Waals surface area contributed by atoms with Crippen molar-refractivity contribution in [3.8, 4) is 0 Å². The maximum atomic E-state index is 10.1. The predicted octanol–water partition coefficient (Wildman–Crippen LogP) is -0.353. The van der Waals surface area contributed by atoms with Gasteiger partial charge in [-0.2, -0.15) is 11.8 Å². The molecule has 0 aromatic rings. The third kappa shape index (κ3) is 18.7. The van der Waals surface area contributed by atoms with Gasteiger partial charge in [-0.25, -0.2) is 0 Å². The number of nitrogens with two attached hydrogens (primary N) is 1. The van der Waals surface area contributed by atoms with Gasteiger partial charge in [0.25, 0.3) is 0 Å². The molecule has 0 aromatic heterocycles. The molecule has 0 aliphatic heterocycles. The fourth-order valence-corrected chi connectivity index (χ4v) is 0.858. The second-order valence-corrected chi connectivity index (χ2v) is 3.92. The third-order valence-corrected chi connectivity index (χ3v) is 1.59. The SMILES string of the molecule is CS(=O)[O-].CSCCC(N)C(=O)O. The van der Waals surface area contributed by atoms with Crippen LogP contribution in [0, 0.1) is 0 Å². The zero-order chi connectivity index (χ0) is 10.9. The molecule has 0 spiro atoms. The van der Waals surface area contributed by atoms with Crippen LogP contribution in [-0.4, -0.2) is 44.1 Å². The topological polar surface area (TPSA) is 103 Å². The summed E-state index contributed by atoms with van der Waals surface area (Å²) in [6.45, 7) is 0. The van der Waals surface area contributed by atoms with Crippen LogP contribution in [0.25, 0.3) is 0 Å². The van der Waals surface area contributed by atoms with Crippen LogP contribution < -0.4 is 5.73 Å². The van der Waals surface area contributed by atoms with Crippen molar-refractivity contribution >= 4 is 28.8 Å². The largest absolute Gasteiger partial charge is 0.773 e. The molecular weight excluding hydrogens is 214 g/mol. The van der Waals surface area contributed by atoms with E-state index in [9.17, 15) is 4.79 Å². The van der Waals surface area contributed by atoms with Gasteiger partial charge in [0.1, 0.15) is 6.04 Å². The highest BCUT2D eigenvalue weighted by Gasteiger charge is 2.08. The average Bonchev–Trinajstić information content (AvgIpc) is 1.98. The summed E-state index contributed by atoms with van der Waals surface area (Å²) in [5, 5.41) is 8.27. The molecule has 7 heteroatoms. The van der Waals surface area contributed by atoms with Crippen molar-refractivity contribution in [3.63, 3.8) is 0 Å². The smallest absolute Gasteiger partial charge is 0.320 e. The van der Waals surface area contributed by atoms with E-state index >= 15 is 0 Å². The molecule has 0 aliphatic carbocycles. The minimum absolute atomic E-state index is 0.552. The number of hydrogen-bond acceptors (Lipinski definition) is 5. The lowest BCUT2D eigenvalue weighted by molar-refractivity contribution is -0.138. The fraction of sp³-hybridized carbons (Fsp3) is 0.833. The quantitative estimate of drug-likeness (QED) is 0.637. The zero-order valence-electron chi connectivity index (χ0n) is 7.56. The molecule has 2 unspecified atom stereocenters. The Morgan fingerprint density at radius 1 is 1.77 bits per heavy atom. The minimum atomic E-state index is -1.86. The zero-order valence-corrected chi connectivity index (χ0v) is 9.19. The van der Waals surface area contributed by atoms with Gasteiger partial charge < -0.3 is 15.4 Å². The molecule has 0 saturated carbocycles. The molecule has 0 radical (unpaired) electrons. The number of carboxylic acid groups (broad SMARTS) is 1. The van der Waals surface area contributed by atoms with E-state index in [1.165, 1.54) is 0 Å². The molecule has 0 rings (SSSR count). The highest BCUT2D eigenvalue weighted by atomic mass is 32.2. The summed E-state index contributed by atoms with van der Waals surface area (Å²) < 4.78 is 18.0. The first-order valence-electron chi connectivity index (χ1n) is 3.40. The third-order valence-electron chi connectivity index (χ3n) is 0.950. The first-order chi connectivity index (χ1) is 5.91. The Hall–Kier alpha value is -0.110. The molecule has 2 atom stereocenters. The Labute approximate surface area is 84.4 Å². The number of aliphatic carboxylic acids is 1. The molecule has 3 N–H and O–H groups in total. The molecule has 0 bridgehead atoms. The number of carboxylic acids is 1. The maximum absolute atomic E-state index is 10.1. The Balaban J connectivity index is 0. The molecule has 0 heterocycles. The predicted molar refractivity (Wildman–Crippen MR) is 53.5 cm³/mol. The van der Waals surface area contributed by atoms with Gasteiger partial charge in [-0.15, -0.1) is 0 Å². The van der Waals surface area contributed by atoms with Crippen LogP contribution in [0.3, 0.4) is 0 Å². The van der Waals surface area contributed by atoms with Gasteiger partial charge in [-0.05, 0) is 24.7 Å². The average molecular weight is 228 g/mol.